The first kappa shape index (κ1) is 15.9. The lowest BCUT2D eigenvalue weighted by molar-refractivity contribution is 0.244. The Kier molecular flexibility index (Phi) is 6.38. The summed E-state index contributed by atoms with van der Waals surface area (Å²) >= 11 is 6.14. The summed E-state index contributed by atoms with van der Waals surface area (Å²) in [6.07, 6.45) is 9.40. The van der Waals surface area contributed by atoms with Crippen LogP contribution in [0.1, 0.15) is 70.4 Å². The fraction of sp³-hybridized carbons (Fsp3) is 0.667. The Labute approximate surface area is 129 Å². The van der Waals surface area contributed by atoms with Crippen LogP contribution in [0.4, 0.5) is 0 Å². The molecule has 112 valence electrons. The molecule has 0 spiro atoms. The average molecular weight is 294 g/mol. The maximum atomic E-state index is 6.14. The van der Waals surface area contributed by atoms with Gasteiger partial charge in [-0.3, -0.25) is 0 Å². The first-order valence-corrected chi connectivity index (χ1v) is 8.63. The number of halogens is 1. The predicted octanol–water partition coefficient (Wildman–Crippen LogP) is 5.74. The minimum absolute atomic E-state index is 0.431. The highest BCUT2D eigenvalue weighted by Gasteiger charge is 2.24. The molecule has 2 atom stereocenters. The summed E-state index contributed by atoms with van der Waals surface area (Å²) in [6.45, 7) is 4.57. The number of benzene rings is 1. The number of hydrogen-bond donors (Lipinski definition) is 1. The van der Waals surface area contributed by atoms with Gasteiger partial charge < -0.3 is 5.32 Å². The molecule has 1 aliphatic rings. The molecular formula is C18H28ClN. The molecular weight excluding hydrogens is 266 g/mol. The molecule has 1 N–H and O–H groups in total. The summed E-state index contributed by atoms with van der Waals surface area (Å²) in [7, 11) is 0. The van der Waals surface area contributed by atoms with Crippen molar-refractivity contribution >= 4 is 11.6 Å². The second-order valence-electron chi connectivity index (χ2n) is 6.10. The summed E-state index contributed by atoms with van der Waals surface area (Å²) in [5.41, 5.74) is 1.33. The van der Waals surface area contributed by atoms with E-state index in [0.29, 0.717) is 12.1 Å². The Balaban J connectivity index is 2.03. The minimum atomic E-state index is 0.431. The van der Waals surface area contributed by atoms with Crippen LogP contribution in [0, 0.1) is 5.92 Å². The Bertz CT molecular complexity index is 398. The van der Waals surface area contributed by atoms with E-state index in [4.69, 9.17) is 11.6 Å². The minimum Gasteiger partial charge on any atom is -0.307 e. The fourth-order valence-corrected chi connectivity index (χ4v) is 3.75. The molecule has 0 radical (unpaired) electrons. The van der Waals surface area contributed by atoms with E-state index in [1.54, 1.807) is 0 Å². The molecule has 0 aliphatic heterocycles. The molecule has 0 saturated heterocycles. The van der Waals surface area contributed by atoms with Crippen molar-refractivity contribution in [3.63, 3.8) is 0 Å². The van der Waals surface area contributed by atoms with Crippen molar-refractivity contribution in [3.05, 3.63) is 34.9 Å². The number of nitrogens with one attached hydrogen (secondary N) is 1. The molecule has 1 fully saturated rings. The van der Waals surface area contributed by atoms with Crippen LogP contribution in [0.5, 0.6) is 0 Å². The fourth-order valence-electron chi connectivity index (χ4n) is 3.56. The summed E-state index contributed by atoms with van der Waals surface area (Å²) in [6, 6.07) is 9.40. The van der Waals surface area contributed by atoms with Gasteiger partial charge in [0.1, 0.15) is 0 Å². The first-order valence-electron chi connectivity index (χ1n) is 8.26. The number of rotatable bonds is 6. The van der Waals surface area contributed by atoms with Crippen molar-refractivity contribution in [2.24, 2.45) is 5.92 Å². The van der Waals surface area contributed by atoms with Gasteiger partial charge in [-0.25, -0.2) is 0 Å². The molecule has 1 aromatic rings. The third-order valence-electron chi connectivity index (χ3n) is 4.73. The van der Waals surface area contributed by atoms with Crippen molar-refractivity contribution in [3.8, 4) is 0 Å². The van der Waals surface area contributed by atoms with Gasteiger partial charge in [0.2, 0.25) is 0 Å². The summed E-state index contributed by atoms with van der Waals surface area (Å²) in [4.78, 5) is 0. The van der Waals surface area contributed by atoms with Crippen molar-refractivity contribution in [1.29, 1.82) is 0 Å². The lowest BCUT2D eigenvalue weighted by Crippen LogP contribution is -2.39. The van der Waals surface area contributed by atoms with Gasteiger partial charge in [-0.05, 0) is 49.3 Å². The zero-order valence-corrected chi connectivity index (χ0v) is 13.6. The molecule has 1 aliphatic carbocycles. The third-order valence-corrected chi connectivity index (χ3v) is 4.97. The topological polar surface area (TPSA) is 12.0 Å². The second kappa shape index (κ2) is 8.05. The van der Waals surface area contributed by atoms with Crippen molar-refractivity contribution in [2.45, 2.75) is 70.9 Å². The lowest BCUT2D eigenvalue weighted by Gasteiger charge is -2.33. The Hall–Kier alpha value is -0.530. The Morgan fingerprint density at radius 2 is 1.90 bits per heavy atom. The molecule has 0 amide bonds. The van der Waals surface area contributed by atoms with Gasteiger partial charge in [0.15, 0.2) is 0 Å². The third kappa shape index (κ3) is 4.23. The van der Waals surface area contributed by atoms with Crippen LogP contribution in [0.25, 0.3) is 0 Å². The summed E-state index contributed by atoms with van der Waals surface area (Å²) in [5, 5.41) is 4.75. The van der Waals surface area contributed by atoms with Crippen LogP contribution in [0.15, 0.2) is 24.3 Å². The van der Waals surface area contributed by atoms with Gasteiger partial charge >= 0.3 is 0 Å². The first-order chi connectivity index (χ1) is 9.74. The molecule has 1 saturated carbocycles. The summed E-state index contributed by atoms with van der Waals surface area (Å²) in [5.74, 6) is 0.863. The van der Waals surface area contributed by atoms with Crippen molar-refractivity contribution in [1.82, 2.24) is 5.32 Å². The van der Waals surface area contributed by atoms with E-state index in [9.17, 15) is 0 Å². The van der Waals surface area contributed by atoms with Crippen LogP contribution >= 0.6 is 11.6 Å². The van der Waals surface area contributed by atoms with Gasteiger partial charge in [-0.2, -0.15) is 0 Å². The van der Waals surface area contributed by atoms with Gasteiger partial charge in [0.05, 0.1) is 0 Å². The smallest absolute Gasteiger partial charge is 0.0409 e. The van der Waals surface area contributed by atoms with Crippen LogP contribution < -0.4 is 5.32 Å². The highest BCUT2D eigenvalue weighted by atomic mass is 35.5. The number of hydrogen-bond acceptors (Lipinski definition) is 1. The largest absolute Gasteiger partial charge is 0.307 e. The van der Waals surface area contributed by atoms with Crippen LogP contribution in [-0.2, 0) is 0 Å². The van der Waals surface area contributed by atoms with E-state index < -0.39 is 0 Å². The van der Waals surface area contributed by atoms with Crippen LogP contribution in [-0.4, -0.2) is 6.04 Å². The monoisotopic (exact) mass is 293 g/mol. The predicted molar refractivity (Wildman–Crippen MR) is 88.3 cm³/mol. The van der Waals surface area contributed by atoms with Crippen LogP contribution in [0.2, 0.25) is 5.02 Å². The molecule has 1 aromatic carbocycles. The van der Waals surface area contributed by atoms with Gasteiger partial charge in [-0.15, -0.1) is 0 Å². The molecule has 0 bridgehead atoms. The molecule has 0 heterocycles. The molecule has 2 rings (SSSR count). The van der Waals surface area contributed by atoms with Gasteiger partial charge in [-0.1, -0.05) is 56.8 Å². The average Bonchev–Trinajstić information content (AvgIpc) is 2.49. The van der Waals surface area contributed by atoms with Gasteiger partial charge in [0, 0.05) is 17.1 Å². The van der Waals surface area contributed by atoms with Crippen molar-refractivity contribution < 1.29 is 0 Å². The zero-order chi connectivity index (χ0) is 14.4. The highest BCUT2D eigenvalue weighted by molar-refractivity contribution is 6.30. The summed E-state index contributed by atoms with van der Waals surface area (Å²) < 4.78 is 0. The second-order valence-corrected chi connectivity index (χ2v) is 6.53. The SMILES string of the molecule is CCC(NC(CC)C1CCCCC1)c1cccc(Cl)c1. The molecule has 20 heavy (non-hydrogen) atoms. The molecule has 1 nitrogen and oxygen atoms in total. The maximum absolute atomic E-state index is 6.14. The molecule has 2 heteroatoms. The van der Waals surface area contributed by atoms with Crippen LogP contribution in [0.3, 0.4) is 0 Å². The maximum Gasteiger partial charge on any atom is 0.0409 e. The molecule has 2 unspecified atom stereocenters. The van der Waals surface area contributed by atoms with E-state index >= 15 is 0 Å². The lowest BCUT2D eigenvalue weighted by atomic mass is 9.82. The van der Waals surface area contributed by atoms with E-state index in [2.05, 4.69) is 37.4 Å². The van der Waals surface area contributed by atoms with E-state index in [1.807, 2.05) is 6.07 Å². The normalized spacial score (nSPS) is 19.8. The Morgan fingerprint density at radius 1 is 1.15 bits per heavy atom. The van der Waals surface area contributed by atoms with E-state index in [-0.39, 0.29) is 0 Å². The van der Waals surface area contributed by atoms with E-state index in [0.717, 1.165) is 17.4 Å². The van der Waals surface area contributed by atoms with Gasteiger partial charge in [0.25, 0.3) is 0 Å². The Morgan fingerprint density at radius 3 is 2.50 bits per heavy atom. The van der Waals surface area contributed by atoms with E-state index in [1.165, 1.54) is 44.1 Å². The zero-order valence-electron chi connectivity index (χ0n) is 12.9. The van der Waals surface area contributed by atoms with Crippen molar-refractivity contribution in [2.75, 3.05) is 0 Å². The quantitative estimate of drug-likeness (QED) is 0.705. The molecule has 0 aromatic heterocycles. The highest BCUT2D eigenvalue weighted by Crippen LogP contribution is 2.30. The standard InChI is InChI=1S/C18H28ClN/c1-3-17(14-9-6-5-7-10-14)20-18(4-2)15-11-8-12-16(19)13-15/h8,11-14,17-18,20H,3-7,9-10H2,1-2H3.